The van der Waals surface area contributed by atoms with Crippen LogP contribution in [0.3, 0.4) is 0 Å². The van der Waals surface area contributed by atoms with Crippen molar-refractivity contribution in [2.24, 2.45) is 0 Å². The Bertz CT molecular complexity index is 1190. The van der Waals surface area contributed by atoms with E-state index in [1.807, 2.05) is 6.07 Å². The number of nitrogens with one attached hydrogen (secondary N) is 2. The van der Waals surface area contributed by atoms with Gasteiger partial charge in [0, 0.05) is 17.2 Å². The van der Waals surface area contributed by atoms with E-state index in [2.05, 4.69) is 15.8 Å². The highest BCUT2D eigenvalue weighted by Gasteiger charge is 2.20. The molecule has 1 unspecified atom stereocenters. The van der Waals surface area contributed by atoms with Crippen molar-refractivity contribution in [2.75, 3.05) is 12.4 Å². The lowest BCUT2D eigenvalue weighted by molar-refractivity contribution is -0.119. The van der Waals surface area contributed by atoms with Crippen LogP contribution in [0.25, 0.3) is 10.9 Å². The van der Waals surface area contributed by atoms with Crippen molar-refractivity contribution in [1.29, 1.82) is 0 Å². The van der Waals surface area contributed by atoms with Crippen molar-refractivity contribution in [1.82, 2.24) is 20.4 Å². The number of halogens is 1. The highest BCUT2D eigenvalue weighted by molar-refractivity contribution is 7.99. The number of carbonyl (C=O) groups excluding carboxylic acids is 2. The molecule has 0 bridgehead atoms. The Morgan fingerprint density at radius 2 is 1.94 bits per heavy atom. The molecule has 2 heterocycles. The van der Waals surface area contributed by atoms with Crippen molar-refractivity contribution in [3.63, 3.8) is 0 Å². The van der Waals surface area contributed by atoms with Crippen molar-refractivity contribution in [2.45, 2.75) is 30.6 Å². The van der Waals surface area contributed by atoms with Gasteiger partial charge in [0.2, 0.25) is 5.91 Å². The molecule has 0 radical (unpaired) electrons. The molecule has 2 aromatic carbocycles. The third-order valence-corrected chi connectivity index (χ3v) is 6.22. The van der Waals surface area contributed by atoms with E-state index in [1.165, 1.54) is 0 Å². The van der Waals surface area contributed by atoms with Crippen LogP contribution in [0, 0.1) is 0 Å². The van der Waals surface area contributed by atoms with E-state index in [0.29, 0.717) is 39.8 Å². The molecule has 1 aromatic heterocycles. The zero-order valence-electron chi connectivity index (χ0n) is 17.0. The van der Waals surface area contributed by atoms with Gasteiger partial charge in [0.05, 0.1) is 29.3 Å². The quantitative estimate of drug-likeness (QED) is 0.325. The van der Waals surface area contributed by atoms with Crippen molar-refractivity contribution < 1.29 is 14.3 Å². The number of rotatable bonds is 6. The maximum Gasteiger partial charge on any atom is 0.269 e. The van der Waals surface area contributed by atoms with Gasteiger partial charge in [-0.15, -0.1) is 0 Å². The minimum absolute atomic E-state index is 0.0306. The van der Waals surface area contributed by atoms with Crippen LogP contribution in [-0.4, -0.2) is 39.8 Å². The number of fused-ring (bicyclic) bond motifs is 1. The average Bonchev–Trinajstić information content (AvgIpc) is 3.32. The van der Waals surface area contributed by atoms with Crippen LogP contribution in [0.5, 0.6) is 0 Å². The van der Waals surface area contributed by atoms with Gasteiger partial charge in [-0.25, -0.2) is 4.98 Å². The molecule has 166 valence electrons. The predicted octanol–water partition coefficient (Wildman–Crippen LogP) is 2.78. The van der Waals surface area contributed by atoms with Crippen LogP contribution in [0.2, 0.25) is 5.02 Å². The Morgan fingerprint density at radius 1 is 1.16 bits per heavy atom. The van der Waals surface area contributed by atoms with Crippen molar-refractivity contribution >= 4 is 46.1 Å². The molecular weight excluding hydrogens is 452 g/mol. The second kappa shape index (κ2) is 10.2. The monoisotopic (exact) mass is 472 g/mol. The number of para-hydroxylation sites is 1. The van der Waals surface area contributed by atoms with Crippen LogP contribution in [-0.2, 0) is 16.1 Å². The standard InChI is InChI=1S/C22H21ClN4O4S/c23-15-9-7-14(8-10-15)20(29)26-25-19(28)13-32-22-24-18-6-2-1-5-17(18)21(30)27(22)12-16-4-3-11-31-16/h1-2,5-10,16H,3-4,11-13H2,(H,25,28)(H,26,29). The smallest absolute Gasteiger partial charge is 0.269 e. The Labute approximate surface area is 193 Å². The van der Waals surface area contributed by atoms with Gasteiger partial charge in [0.25, 0.3) is 11.5 Å². The summed E-state index contributed by atoms with van der Waals surface area (Å²) in [5.74, 6) is -0.917. The minimum atomic E-state index is -0.459. The van der Waals surface area contributed by atoms with E-state index < -0.39 is 11.8 Å². The van der Waals surface area contributed by atoms with Gasteiger partial charge in [0.15, 0.2) is 5.16 Å². The van der Waals surface area contributed by atoms with Gasteiger partial charge in [-0.3, -0.25) is 29.8 Å². The van der Waals surface area contributed by atoms with Gasteiger partial charge < -0.3 is 4.74 Å². The number of hydrogen-bond acceptors (Lipinski definition) is 6. The van der Waals surface area contributed by atoms with E-state index >= 15 is 0 Å². The zero-order chi connectivity index (χ0) is 22.5. The van der Waals surface area contributed by atoms with Gasteiger partial charge >= 0.3 is 0 Å². The minimum Gasteiger partial charge on any atom is -0.376 e. The van der Waals surface area contributed by atoms with Crippen LogP contribution < -0.4 is 16.4 Å². The predicted molar refractivity (Wildman–Crippen MR) is 123 cm³/mol. The fraction of sp³-hybridized carbons (Fsp3) is 0.273. The second-order valence-electron chi connectivity index (χ2n) is 7.26. The number of amides is 2. The molecule has 32 heavy (non-hydrogen) atoms. The van der Waals surface area contributed by atoms with E-state index in [1.54, 1.807) is 47.0 Å². The Morgan fingerprint density at radius 3 is 2.69 bits per heavy atom. The molecule has 2 N–H and O–H groups in total. The van der Waals surface area contributed by atoms with E-state index in [0.717, 1.165) is 24.6 Å². The summed E-state index contributed by atoms with van der Waals surface area (Å²) in [7, 11) is 0. The van der Waals surface area contributed by atoms with E-state index in [4.69, 9.17) is 16.3 Å². The molecule has 2 amide bonds. The number of benzene rings is 2. The lowest BCUT2D eigenvalue weighted by Crippen LogP contribution is -2.42. The van der Waals surface area contributed by atoms with Crippen LogP contribution in [0.1, 0.15) is 23.2 Å². The molecule has 1 atom stereocenters. The molecule has 0 spiro atoms. The molecule has 3 aromatic rings. The number of ether oxygens (including phenoxy) is 1. The third-order valence-electron chi connectivity index (χ3n) is 4.99. The lowest BCUT2D eigenvalue weighted by Gasteiger charge is -2.16. The zero-order valence-corrected chi connectivity index (χ0v) is 18.6. The summed E-state index contributed by atoms with van der Waals surface area (Å²) >= 11 is 6.95. The van der Waals surface area contributed by atoms with Crippen LogP contribution in [0.4, 0.5) is 0 Å². The first-order valence-corrected chi connectivity index (χ1v) is 11.5. The number of nitrogens with zero attached hydrogens (tertiary/aromatic N) is 2. The normalized spacial score (nSPS) is 15.6. The van der Waals surface area contributed by atoms with E-state index in [9.17, 15) is 14.4 Å². The molecule has 10 heteroatoms. The maximum absolute atomic E-state index is 13.1. The maximum atomic E-state index is 13.1. The summed E-state index contributed by atoms with van der Waals surface area (Å²) < 4.78 is 7.26. The summed E-state index contributed by atoms with van der Waals surface area (Å²) in [6.45, 7) is 1.06. The first-order chi connectivity index (χ1) is 15.5. The molecule has 1 fully saturated rings. The van der Waals surface area contributed by atoms with Crippen molar-refractivity contribution in [3.8, 4) is 0 Å². The molecule has 0 saturated carbocycles. The highest BCUT2D eigenvalue weighted by Crippen LogP contribution is 2.21. The lowest BCUT2D eigenvalue weighted by atomic mass is 10.2. The van der Waals surface area contributed by atoms with Crippen molar-refractivity contribution in [3.05, 3.63) is 69.5 Å². The number of aromatic nitrogens is 2. The number of carbonyl (C=O) groups is 2. The average molecular weight is 473 g/mol. The van der Waals surface area contributed by atoms with Gasteiger partial charge in [-0.1, -0.05) is 35.5 Å². The molecule has 0 aliphatic carbocycles. The first kappa shape index (κ1) is 22.3. The summed E-state index contributed by atoms with van der Waals surface area (Å²) in [5, 5.41) is 1.47. The summed E-state index contributed by atoms with van der Waals surface area (Å²) in [4.78, 5) is 42.1. The second-order valence-corrected chi connectivity index (χ2v) is 8.64. The van der Waals surface area contributed by atoms with Crippen LogP contribution in [0.15, 0.2) is 58.5 Å². The molecule has 4 rings (SSSR count). The highest BCUT2D eigenvalue weighted by atomic mass is 35.5. The van der Waals surface area contributed by atoms with Crippen LogP contribution >= 0.6 is 23.4 Å². The van der Waals surface area contributed by atoms with E-state index in [-0.39, 0.29) is 17.4 Å². The fourth-order valence-electron chi connectivity index (χ4n) is 3.38. The topological polar surface area (TPSA) is 102 Å². The molecule has 1 aliphatic heterocycles. The van der Waals surface area contributed by atoms with Gasteiger partial charge in [-0.2, -0.15) is 0 Å². The molecule has 8 nitrogen and oxygen atoms in total. The first-order valence-electron chi connectivity index (χ1n) is 10.1. The molecule has 1 aliphatic rings. The largest absolute Gasteiger partial charge is 0.376 e. The number of hydrazine groups is 1. The summed E-state index contributed by atoms with van der Waals surface area (Å²) in [6.07, 6.45) is 1.78. The molecular formula is C22H21ClN4O4S. The van der Waals surface area contributed by atoms with Gasteiger partial charge in [0.1, 0.15) is 0 Å². The number of hydrogen-bond donors (Lipinski definition) is 2. The summed E-state index contributed by atoms with van der Waals surface area (Å²) in [6, 6.07) is 13.4. The summed E-state index contributed by atoms with van der Waals surface area (Å²) in [5.41, 5.74) is 5.52. The SMILES string of the molecule is O=C(CSc1nc2ccccc2c(=O)n1CC1CCCO1)NNC(=O)c1ccc(Cl)cc1. The van der Waals surface area contributed by atoms with Gasteiger partial charge in [-0.05, 0) is 49.2 Å². The number of thioether (sulfide) groups is 1. The fourth-order valence-corrected chi connectivity index (χ4v) is 4.31. The Hall–Kier alpha value is -2.88. The Balaban J connectivity index is 1.44. The Kier molecular flexibility index (Phi) is 7.09. The molecule has 1 saturated heterocycles. The third kappa shape index (κ3) is 5.29.